The highest BCUT2D eigenvalue weighted by Gasteiger charge is 2.23. The minimum Gasteiger partial charge on any atom is -0.481 e. The molecule has 1 heterocycles. The fraction of sp³-hybridized carbons (Fsp3) is 0.727. The largest absolute Gasteiger partial charge is 0.481 e. The first-order chi connectivity index (χ1) is 6.77. The molecule has 0 amide bonds. The van der Waals surface area contributed by atoms with Crippen LogP contribution in [-0.4, -0.2) is 29.1 Å². The number of hydrogen-bond acceptors (Lipinski definition) is 2. The molecule has 1 N–H and O–H groups in total. The van der Waals surface area contributed by atoms with Crippen LogP contribution in [0.5, 0.6) is 0 Å². The van der Waals surface area contributed by atoms with Crippen molar-refractivity contribution in [3.63, 3.8) is 0 Å². The normalized spacial score (nSPS) is 27.6. The van der Waals surface area contributed by atoms with Crippen molar-refractivity contribution >= 4 is 5.97 Å². The molecule has 1 atom stereocenters. The molecule has 0 aromatic heterocycles. The van der Waals surface area contributed by atoms with Crippen LogP contribution in [0.15, 0.2) is 11.8 Å². The van der Waals surface area contributed by atoms with Crippen LogP contribution < -0.4 is 0 Å². The van der Waals surface area contributed by atoms with E-state index in [9.17, 15) is 4.79 Å². The van der Waals surface area contributed by atoms with Crippen molar-refractivity contribution in [2.45, 2.75) is 32.1 Å². The quantitative estimate of drug-likeness (QED) is 0.731. The van der Waals surface area contributed by atoms with Crippen molar-refractivity contribution in [1.29, 1.82) is 0 Å². The molecule has 1 aliphatic heterocycles. The molecular formula is C11H17NO2. The third kappa shape index (κ3) is 1.91. The molecule has 3 nitrogen and oxygen atoms in total. The Kier molecular flexibility index (Phi) is 2.75. The highest BCUT2D eigenvalue weighted by atomic mass is 16.4. The summed E-state index contributed by atoms with van der Waals surface area (Å²) in [4.78, 5) is 13.2. The fourth-order valence-corrected chi connectivity index (χ4v) is 2.34. The van der Waals surface area contributed by atoms with Gasteiger partial charge in [-0.25, -0.2) is 0 Å². The molecule has 14 heavy (non-hydrogen) atoms. The summed E-state index contributed by atoms with van der Waals surface area (Å²) >= 11 is 0. The number of carboxylic acid groups (broad SMARTS) is 1. The predicted molar refractivity (Wildman–Crippen MR) is 53.9 cm³/mol. The zero-order valence-corrected chi connectivity index (χ0v) is 8.41. The van der Waals surface area contributed by atoms with Gasteiger partial charge in [-0.05, 0) is 32.1 Å². The maximum atomic E-state index is 10.7. The van der Waals surface area contributed by atoms with Crippen LogP contribution >= 0.6 is 0 Å². The van der Waals surface area contributed by atoms with Crippen LogP contribution in [0.3, 0.4) is 0 Å². The molecule has 2 aliphatic rings. The Morgan fingerprint density at radius 2 is 2.14 bits per heavy atom. The SMILES string of the molecule is O=C(O)C1CC=C(N2CCCC2)CC1. The maximum Gasteiger partial charge on any atom is 0.306 e. The fourth-order valence-electron chi connectivity index (χ4n) is 2.34. The third-order valence-electron chi connectivity index (χ3n) is 3.25. The van der Waals surface area contributed by atoms with E-state index in [0.29, 0.717) is 0 Å². The molecule has 1 unspecified atom stereocenters. The zero-order chi connectivity index (χ0) is 9.97. The van der Waals surface area contributed by atoms with Gasteiger partial charge in [-0.1, -0.05) is 6.08 Å². The second-order valence-electron chi connectivity index (χ2n) is 4.20. The summed E-state index contributed by atoms with van der Waals surface area (Å²) in [6.07, 6.45) is 7.21. The lowest BCUT2D eigenvalue weighted by atomic mass is 9.92. The highest BCUT2D eigenvalue weighted by molar-refractivity contribution is 5.70. The monoisotopic (exact) mass is 195 g/mol. The molecule has 3 heteroatoms. The summed E-state index contributed by atoms with van der Waals surface area (Å²) in [7, 11) is 0. The topological polar surface area (TPSA) is 40.5 Å². The summed E-state index contributed by atoms with van der Waals surface area (Å²) in [5.41, 5.74) is 1.39. The van der Waals surface area contributed by atoms with Crippen LogP contribution in [0.1, 0.15) is 32.1 Å². The van der Waals surface area contributed by atoms with Gasteiger partial charge in [0, 0.05) is 18.8 Å². The molecule has 1 aliphatic carbocycles. The summed E-state index contributed by atoms with van der Waals surface area (Å²) in [6, 6.07) is 0. The lowest BCUT2D eigenvalue weighted by Gasteiger charge is -2.26. The van der Waals surface area contributed by atoms with E-state index in [-0.39, 0.29) is 5.92 Å². The number of nitrogens with zero attached hydrogens (tertiary/aromatic N) is 1. The van der Waals surface area contributed by atoms with Gasteiger partial charge in [0.1, 0.15) is 0 Å². The Labute approximate surface area is 84.4 Å². The van der Waals surface area contributed by atoms with Gasteiger partial charge in [-0.15, -0.1) is 0 Å². The molecule has 0 radical (unpaired) electrons. The van der Waals surface area contributed by atoms with E-state index in [1.54, 1.807) is 0 Å². The van der Waals surface area contributed by atoms with Crippen LogP contribution in [0, 0.1) is 5.92 Å². The van der Waals surface area contributed by atoms with Crippen molar-refractivity contribution < 1.29 is 9.90 Å². The molecule has 0 spiro atoms. The van der Waals surface area contributed by atoms with Crippen LogP contribution in [0.25, 0.3) is 0 Å². The zero-order valence-electron chi connectivity index (χ0n) is 8.41. The summed E-state index contributed by atoms with van der Waals surface area (Å²) in [6.45, 7) is 2.34. The van der Waals surface area contributed by atoms with Gasteiger partial charge in [0.2, 0.25) is 0 Å². The van der Waals surface area contributed by atoms with Gasteiger partial charge in [0.15, 0.2) is 0 Å². The van der Waals surface area contributed by atoms with Crippen LogP contribution in [0.2, 0.25) is 0 Å². The van der Waals surface area contributed by atoms with Crippen LogP contribution in [0.4, 0.5) is 0 Å². The maximum absolute atomic E-state index is 10.7. The summed E-state index contributed by atoms with van der Waals surface area (Å²) < 4.78 is 0. The van der Waals surface area contributed by atoms with Gasteiger partial charge in [-0.3, -0.25) is 4.79 Å². The molecule has 0 saturated carbocycles. The van der Waals surface area contributed by atoms with E-state index in [2.05, 4.69) is 11.0 Å². The smallest absolute Gasteiger partial charge is 0.306 e. The van der Waals surface area contributed by atoms with Crippen molar-refractivity contribution in [2.75, 3.05) is 13.1 Å². The first kappa shape index (κ1) is 9.56. The number of hydrogen-bond donors (Lipinski definition) is 1. The Hall–Kier alpha value is -0.990. The van der Waals surface area contributed by atoms with E-state index >= 15 is 0 Å². The van der Waals surface area contributed by atoms with E-state index in [1.165, 1.54) is 31.6 Å². The second-order valence-corrected chi connectivity index (χ2v) is 4.20. The van der Waals surface area contributed by atoms with Crippen molar-refractivity contribution in [3.05, 3.63) is 11.8 Å². The molecule has 78 valence electrons. The second kappa shape index (κ2) is 4.03. The number of likely N-dealkylation sites (tertiary alicyclic amines) is 1. The molecule has 0 aromatic carbocycles. The molecule has 0 bridgehead atoms. The van der Waals surface area contributed by atoms with Gasteiger partial charge in [-0.2, -0.15) is 0 Å². The van der Waals surface area contributed by atoms with E-state index in [0.717, 1.165) is 19.3 Å². The Morgan fingerprint density at radius 3 is 2.64 bits per heavy atom. The van der Waals surface area contributed by atoms with Gasteiger partial charge in [0.05, 0.1) is 5.92 Å². The van der Waals surface area contributed by atoms with Gasteiger partial charge >= 0.3 is 5.97 Å². The van der Waals surface area contributed by atoms with Crippen molar-refractivity contribution in [2.24, 2.45) is 5.92 Å². The molecule has 2 rings (SSSR count). The number of allylic oxidation sites excluding steroid dienone is 2. The first-order valence-corrected chi connectivity index (χ1v) is 5.44. The summed E-state index contributed by atoms with van der Waals surface area (Å²) in [5.74, 6) is -0.775. The minimum atomic E-state index is -0.637. The number of carbonyl (C=O) groups is 1. The van der Waals surface area contributed by atoms with E-state index in [1.807, 2.05) is 0 Å². The van der Waals surface area contributed by atoms with Crippen LogP contribution in [-0.2, 0) is 4.79 Å². The molecule has 0 aromatic rings. The lowest BCUT2D eigenvalue weighted by molar-refractivity contribution is -0.142. The first-order valence-electron chi connectivity index (χ1n) is 5.44. The van der Waals surface area contributed by atoms with Gasteiger partial charge < -0.3 is 10.0 Å². The van der Waals surface area contributed by atoms with E-state index in [4.69, 9.17) is 5.11 Å². The van der Waals surface area contributed by atoms with E-state index < -0.39 is 5.97 Å². The molecular weight excluding hydrogens is 178 g/mol. The number of aliphatic carboxylic acids is 1. The highest BCUT2D eigenvalue weighted by Crippen LogP contribution is 2.27. The number of carboxylic acids is 1. The molecule has 1 saturated heterocycles. The predicted octanol–water partition coefficient (Wildman–Crippen LogP) is 1.85. The third-order valence-corrected chi connectivity index (χ3v) is 3.25. The Bertz CT molecular complexity index is 254. The average molecular weight is 195 g/mol. The van der Waals surface area contributed by atoms with Crippen molar-refractivity contribution in [1.82, 2.24) is 4.90 Å². The van der Waals surface area contributed by atoms with Gasteiger partial charge in [0.25, 0.3) is 0 Å². The lowest BCUT2D eigenvalue weighted by Crippen LogP contribution is -2.24. The summed E-state index contributed by atoms with van der Waals surface area (Å²) in [5, 5.41) is 8.85. The minimum absolute atomic E-state index is 0.138. The average Bonchev–Trinajstić information content (AvgIpc) is 2.71. The standard InChI is InChI=1S/C11H17NO2/c13-11(14)9-3-5-10(6-4-9)12-7-1-2-8-12/h5,9H,1-4,6-8H2,(H,13,14). The Morgan fingerprint density at radius 1 is 1.43 bits per heavy atom. The number of rotatable bonds is 2. The Balaban J connectivity index is 1.93. The molecule has 1 fully saturated rings. The van der Waals surface area contributed by atoms with Crippen molar-refractivity contribution in [3.8, 4) is 0 Å².